The molecule has 3 rings (SSSR count). The van der Waals surface area contributed by atoms with Crippen molar-refractivity contribution in [2.75, 3.05) is 0 Å². The van der Waals surface area contributed by atoms with E-state index in [0.29, 0.717) is 17.8 Å². The number of allylic oxidation sites excluding steroid dienone is 2. The van der Waals surface area contributed by atoms with Gasteiger partial charge >= 0.3 is 0 Å². The van der Waals surface area contributed by atoms with Crippen LogP contribution in [-0.2, 0) is 0 Å². The zero-order chi connectivity index (χ0) is 16.1. The molecule has 0 aromatic heterocycles. The van der Waals surface area contributed by atoms with Crippen molar-refractivity contribution < 1.29 is 0 Å². The largest absolute Gasteiger partial charge is 0.310 e. The van der Waals surface area contributed by atoms with E-state index in [1.165, 1.54) is 30.4 Å². The molecular formula is C21H31N. The molecule has 0 saturated heterocycles. The molecule has 3 fully saturated rings. The minimum atomic E-state index is -0.120. The second kappa shape index (κ2) is 5.55. The van der Waals surface area contributed by atoms with Gasteiger partial charge in [0.05, 0.1) is 0 Å². The van der Waals surface area contributed by atoms with E-state index in [0.717, 1.165) is 37.0 Å². The predicted octanol–water partition coefficient (Wildman–Crippen LogP) is 5.90. The maximum absolute atomic E-state index is 7.78. The summed E-state index contributed by atoms with van der Waals surface area (Å²) in [6.45, 7) is 23.3. The first kappa shape index (κ1) is 15.9. The molecule has 120 valence electrons. The van der Waals surface area contributed by atoms with Crippen LogP contribution in [0.25, 0.3) is 4.85 Å². The van der Waals surface area contributed by atoms with Gasteiger partial charge in [-0.05, 0) is 68.6 Å². The molecule has 1 heteroatoms. The number of nitrogens with zero attached hydrogens (tertiary/aromatic N) is 1. The summed E-state index contributed by atoms with van der Waals surface area (Å²) in [4.78, 5) is 4.13. The molecule has 0 radical (unpaired) electrons. The lowest BCUT2D eigenvalue weighted by Crippen LogP contribution is -2.55. The van der Waals surface area contributed by atoms with Crippen molar-refractivity contribution >= 4 is 0 Å². The Morgan fingerprint density at radius 1 is 1.41 bits per heavy atom. The van der Waals surface area contributed by atoms with E-state index in [9.17, 15) is 0 Å². The molecule has 0 aromatic carbocycles. The Balaban J connectivity index is 1.98. The van der Waals surface area contributed by atoms with Crippen molar-refractivity contribution in [2.24, 2.45) is 35.5 Å². The SMILES string of the molecule is [C-]#[N+][C@@]1(C)CC[C@H]2[C@H]3[C@@H](C(=C)CC[C@H]31)[C@H](CC(=C)C)C[C@@H]2C. The summed E-state index contributed by atoms with van der Waals surface area (Å²) in [5.41, 5.74) is 2.68. The highest BCUT2D eigenvalue weighted by molar-refractivity contribution is 5.21. The first-order valence-corrected chi connectivity index (χ1v) is 9.08. The van der Waals surface area contributed by atoms with Crippen molar-refractivity contribution in [3.05, 3.63) is 35.7 Å². The zero-order valence-corrected chi connectivity index (χ0v) is 14.6. The lowest BCUT2D eigenvalue weighted by molar-refractivity contribution is -0.0491. The fourth-order valence-electron chi connectivity index (χ4n) is 6.26. The standard InChI is InChI=1S/C21H31N/c1-13(2)11-16-12-15(4)17-9-10-21(5,22-6)18-8-7-14(3)19(16)20(17)18/h15-20H,1,3,7-12H2,2,4-5H3/t15-,16+,17+,18+,19-,20+,21-/m0/s1. The lowest BCUT2D eigenvalue weighted by atomic mass is 9.46. The third kappa shape index (κ3) is 2.36. The highest BCUT2D eigenvalue weighted by Gasteiger charge is 2.59. The summed E-state index contributed by atoms with van der Waals surface area (Å²) in [6.07, 6.45) is 7.19. The number of hydrogen-bond acceptors (Lipinski definition) is 0. The number of hydrogen-bond donors (Lipinski definition) is 0. The van der Waals surface area contributed by atoms with Gasteiger partial charge in [-0.2, -0.15) is 0 Å². The minimum absolute atomic E-state index is 0.120. The van der Waals surface area contributed by atoms with E-state index < -0.39 is 0 Å². The molecule has 0 amide bonds. The topological polar surface area (TPSA) is 4.36 Å². The van der Waals surface area contributed by atoms with Crippen molar-refractivity contribution in [2.45, 2.75) is 64.8 Å². The molecular weight excluding hydrogens is 266 g/mol. The van der Waals surface area contributed by atoms with Gasteiger partial charge in [0.25, 0.3) is 0 Å². The quantitative estimate of drug-likeness (QED) is 0.442. The third-order valence-corrected chi connectivity index (χ3v) is 7.18. The summed E-state index contributed by atoms with van der Waals surface area (Å²) < 4.78 is 0. The van der Waals surface area contributed by atoms with Crippen LogP contribution in [0.2, 0.25) is 0 Å². The smallest absolute Gasteiger partial charge is 0.233 e. The maximum atomic E-state index is 7.78. The first-order chi connectivity index (χ1) is 10.4. The molecule has 3 saturated carbocycles. The van der Waals surface area contributed by atoms with Crippen molar-refractivity contribution in [3.8, 4) is 0 Å². The van der Waals surface area contributed by atoms with E-state index >= 15 is 0 Å². The van der Waals surface area contributed by atoms with Crippen LogP contribution in [0.15, 0.2) is 24.3 Å². The lowest BCUT2D eigenvalue weighted by Gasteiger charge is -2.57. The summed E-state index contributed by atoms with van der Waals surface area (Å²) in [6, 6.07) is 0. The van der Waals surface area contributed by atoms with Crippen LogP contribution in [0.1, 0.15) is 59.3 Å². The average molecular weight is 297 g/mol. The molecule has 0 bridgehead atoms. The first-order valence-electron chi connectivity index (χ1n) is 9.08. The Morgan fingerprint density at radius 2 is 2.14 bits per heavy atom. The van der Waals surface area contributed by atoms with Crippen LogP contribution >= 0.6 is 0 Å². The van der Waals surface area contributed by atoms with Crippen LogP contribution in [0.3, 0.4) is 0 Å². The molecule has 3 aliphatic rings. The van der Waals surface area contributed by atoms with Crippen LogP contribution in [0.5, 0.6) is 0 Å². The van der Waals surface area contributed by atoms with E-state index in [-0.39, 0.29) is 5.54 Å². The molecule has 3 aliphatic carbocycles. The van der Waals surface area contributed by atoms with Gasteiger partial charge in [-0.25, -0.2) is 6.57 Å². The van der Waals surface area contributed by atoms with Crippen LogP contribution in [0, 0.1) is 42.1 Å². The Bertz CT molecular complexity index is 525. The maximum Gasteiger partial charge on any atom is 0.233 e. The molecule has 0 N–H and O–H groups in total. The summed E-state index contributed by atoms with van der Waals surface area (Å²) in [7, 11) is 0. The van der Waals surface area contributed by atoms with Gasteiger partial charge in [0.15, 0.2) is 0 Å². The van der Waals surface area contributed by atoms with Gasteiger partial charge in [-0.1, -0.05) is 24.6 Å². The molecule has 0 aliphatic heterocycles. The highest BCUT2D eigenvalue weighted by atomic mass is 14.8. The second-order valence-corrected chi connectivity index (χ2v) is 8.71. The Morgan fingerprint density at radius 3 is 2.77 bits per heavy atom. The second-order valence-electron chi connectivity index (χ2n) is 8.71. The zero-order valence-electron chi connectivity index (χ0n) is 14.6. The predicted molar refractivity (Wildman–Crippen MR) is 93.3 cm³/mol. The van der Waals surface area contributed by atoms with Crippen molar-refractivity contribution in [1.29, 1.82) is 0 Å². The van der Waals surface area contributed by atoms with E-state index in [2.05, 4.69) is 38.8 Å². The van der Waals surface area contributed by atoms with Crippen LogP contribution in [-0.4, -0.2) is 5.54 Å². The number of rotatable bonds is 2. The summed E-state index contributed by atoms with van der Waals surface area (Å²) >= 11 is 0. The van der Waals surface area contributed by atoms with Crippen LogP contribution in [0.4, 0.5) is 0 Å². The van der Waals surface area contributed by atoms with E-state index in [4.69, 9.17) is 6.57 Å². The molecule has 0 unspecified atom stereocenters. The van der Waals surface area contributed by atoms with Gasteiger partial charge in [-0.3, -0.25) is 0 Å². The Hall–Kier alpha value is -1.03. The normalized spacial score (nSPS) is 47.5. The van der Waals surface area contributed by atoms with Gasteiger partial charge in [0, 0.05) is 19.3 Å². The molecule has 1 nitrogen and oxygen atoms in total. The molecule has 0 aromatic rings. The van der Waals surface area contributed by atoms with Gasteiger partial charge in [0.2, 0.25) is 5.54 Å². The van der Waals surface area contributed by atoms with Gasteiger partial charge < -0.3 is 4.85 Å². The van der Waals surface area contributed by atoms with E-state index in [1.54, 1.807) is 0 Å². The average Bonchev–Trinajstić information content (AvgIpc) is 2.45. The molecule has 0 spiro atoms. The molecule has 22 heavy (non-hydrogen) atoms. The fourth-order valence-corrected chi connectivity index (χ4v) is 6.26. The Labute approximate surface area is 136 Å². The fraction of sp³-hybridized carbons (Fsp3) is 0.762. The summed E-state index contributed by atoms with van der Waals surface area (Å²) in [5.74, 6) is 4.30. The van der Waals surface area contributed by atoms with E-state index in [1.807, 2.05) is 0 Å². The Kier molecular flexibility index (Phi) is 4.00. The highest BCUT2D eigenvalue weighted by Crippen LogP contribution is 2.61. The summed E-state index contributed by atoms with van der Waals surface area (Å²) in [5, 5.41) is 0. The molecule has 7 atom stereocenters. The monoisotopic (exact) mass is 297 g/mol. The van der Waals surface area contributed by atoms with Crippen LogP contribution < -0.4 is 0 Å². The van der Waals surface area contributed by atoms with Crippen molar-refractivity contribution in [1.82, 2.24) is 0 Å². The minimum Gasteiger partial charge on any atom is -0.310 e. The van der Waals surface area contributed by atoms with Gasteiger partial charge in [-0.15, -0.1) is 6.58 Å². The van der Waals surface area contributed by atoms with Crippen molar-refractivity contribution in [3.63, 3.8) is 0 Å². The molecule has 0 heterocycles. The van der Waals surface area contributed by atoms with Gasteiger partial charge in [0.1, 0.15) is 0 Å². The third-order valence-electron chi connectivity index (χ3n) is 7.18.